The molecule has 0 saturated carbocycles. The predicted octanol–water partition coefficient (Wildman–Crippen LogP) is 7.49. The molecular formula is C37H70N2O9S2. The lowest BCUT2D eigenvalue weighted by Gasteiger charge is -2.08. The van der Waals surface area contributed by atoms with Crippen LogP contribution in [0.4, 0.5) is 0 Å². The van der Waals surface area contributed by atoms with Gasteiger partial charge in [-0.25, -0.2) is 0 Å². The van der Waals surface area contributed by atoms with Crippen molar-refractivity contribution in [2.45, 2.75) is 141 Å². The second-order valence-corrected chi connectivity index (χ2v) is 15.2. The van der Waals surface area contributed by atoms with Crippen LogP contribution in [0.2, 0.25) is 0 Å². The number of hydrogen-bond donors (Lipinski definition) is 3. The van der Waals surface area contributed by atoms with Crippen LogP contribution in [0.1, 0.15) is 141 Å². The quantitative estimate of drug-likeness (QED) is 0.0325. The van der Waals surface area contributed by atoms with Crippen LogP contribution >= 0.6 is 21.6 Å². The number of unbranched alkanes of at least 4 members (excludes halogenated alkanes) is 14. The van der Waals surface area contributed by atoms with Crippen molar-refractivity contribution in [3.63, 3.8) is 0 Å². The summed E-state index contributed by atoms with van der Waals surface area (Å²) in [4.78, 5) is 45.1. The van der Waals surface area contributed by atoms with Crippen LogP contribution in [0.5, 0.6) is 0 Å². The molecule has 0 unspecified atom stereocenters. The molecule has 0 atom stereocenters. The zero-order valence-electron chi connectivity index (χ0n) is 31.2. The molecule has 11 nitrogen and oxygen atoms in total. The van der Waals surface area contributed by atoms with E-state index in [0.717, 1.165) is 32.1 Å². The first-order valence-electron chi connectivity index (χ1n) is 19.2. The van der Waals surface area contributed by atoms with Gasteiger partial charge in [-0.2, -0.15) is 0 Å². The maximum atomic E-state index is 12.0. The molecule has 0 aliphatic carbocycles. The third kappa shape index (κ3) is 40.9. The van der Waals surface area contributed by atoms with E-state index in [9.17, 15) is 19.2 Å². The Morgan fingerprint density at radius 2 is 0.840 bits per heavy atom. The molecule has 0 aliphatic heterocycles. The van der Waals surface area contributed by atoms with Crippen LogP contribution in [-0.4, -0.2) is 100 Å². The highest BCUT2D eigenvalue weighted by molar-refractivity contribution is 8.76. The normalized spacial score (nSPS) is 11.1. The van der Waals surface area contributed by atoms with Gasteiger partial charge in [0.15, 0.2) is 0 Å². The van der Waals surface area contributed by atoms with Crippen molar-refractivity contribution < 1.29 is 43.2 Å². The number of ether oxygens (including phenoxy) is 4. The molecule has 0 radical (unpaired) electrons. The Labute approximate surface area is 311 Å². The van der Waals surface area contributed by atoms with Gasteiger partial charge in [-0.3, -0.25) is 19.2 Å². The molecule has 0 aromatic heterocycles. The van der Waals surface area contributed by atoms with Gasteiger partial charge in [0, 0.05) is 57.1 Å². The number of nitrogens with one attached hydrogen (secondary N) is 2. The SMILES string of the molecule is COC(=O)CCC(=O)NCCCOCCOCCOCCCNC(=O)CCCCCCCCCCSSCCCCCCCCCCC(=O)O. The monoisotopic (exact) mass is 750 g/mol. The van der Waals surface area contributed by atoms with Crippen molar-refractivity contribution in [3.8, 4) is 0 Å². The summed E-state index contributed by atoms with van der Waals surface area (Å²) < 4.78 is 21.0. The van der Waals surface area contributed by atoms with E-state index < -0.39 is 11.9 Å². The van der Waals surface area contributed by atoms with Crippen molar-refractivity contribution >= 4 is 45.3 Å². The van der Waals surface area contributed by atoms with Gasteiger partial charge in [0.05, 0.1) is 40.0 Å². The van der Waals surface area contributed by atoms with Crippen LogP contribution in [0.15, 0.2) is 0 Å². The number of esters is 1. The number of rotatable bonds is 40. The van der Waals surface area contributed by atoms with Crippen molar-refractivity contribution in [1.82, 2.24) is 10.6 Å². The lowest BCUT2D eigenvalue weighted by molar-refractivity contribution is -0.142. The second kappa shape index (κ2) is 40.2. The molecule has 13 heteroatoms. The van der Waals surface area contributed by atoms with Crippen LogP contribution in [-0.2, 0) is 38.1 Å². The third-order valence-electron chi connectivity index (χ3n) is 7.94. The largest absolute Gasteiger partial charge is 0.481 e. The molecule has 0 bridgehead atoms. The zero-order valence-corrected chi connectivity index (χ0v) is 32.8. The van der Waals surface area contributed by atoms with Gasteiger partial charge in [0.25, 0.3) is 0 Å². The van der Waals surface area contributed by atoms with Gasteiger partial charge in [0.1, 0.15) is 0 Å². The molecule has 294 valence electrons. The van der Waals surface area contributed by atoms with Gasteiger partial charge in [-0.15, -0.1) is 0 Å². The van der Waals surface area contributed by atoms with Crippen LogP contribution < -0.4 is 10.6 Å². The average Bonchev–Trinajstić information content (AvgIpc) is 3.10. The topological polar surface area (TPSA) is 149 Å². The standard InChI is InChI=1S/C37H70N2O9S2/c1-45-37(44)23-22-35(41)39-25-19-27-47-29-31-48-30-28-46-26-18-24-38-34(40)20-14-10-6-2-4-8-12-16-32-49-50-33-17-13-9-5-3-7-11-15-21-36(42)43/h2-33H2,1H3,(H,38,40)(H,39,41)(H,42,43). The maximum absolute atomic E-state index is 12.0. The first-order valence-corrected chi connectivity index (χ1v) is 21.7. The first kappa shape index (κ1) is 48.5. The third-order valence-corrected chi connectivity index (χ3v) is 10.5. The molecule has 0 aromatic carbocycles. The Morgan fingerprint density at radius 3 is 1.28 bits per heavy atom. The van der Waals surface area contributed by atoms with E-state index in [2.05, 4.69) is 15.4 Å². The predicted molar refractivity (Wildman–Crippen MR) is 205 cm³/mol. The minimum absolute atomic E-state index is 0.0875. The van der Waals surface area contributed by atoms with Gasteiger partial charge in [-0.1, -0.05) is 98.6 Å². The molecule has 0 aromatic rings. The Hall–Kier alpha value is -1.54. The van der Waals surface area contributed by atoms with Crippen LogP contribution in [0, 0.1) is 0 Å². The number of amides is 2. The molecule has 0 spiro atoms. The van der Waals surface area contributed by atoms with Gasteiger partial charge < -0.3 is 34.7 Å². The fourth-order valence-electron chi connectivity index (χ4n) is 4.96. The Bertz CT molecular complexity index is 809. The van der Waals surface area contributed by atoms with E-state index in [4.69, 9.17) is 19.3 Å². The van der Waals surface area contributed by atoms with Gasteiger partial charge >= 0.3 is 11.9 Å². The van der Waals surface area contributed by atoms with E-state index in [1.165, 1.54) is 95.7 Å². The van der Waals surface area contributed by atoms with Gasteiger partial charge in [0.2, 0.25) is 11.8 Å². The van der Waals surface area contributed by atoms with Crippen LogP contribution in [0.3, 0.4) is 0 Å². The number of carboxylic acid groups (broad SMARTS) is 1. The Balaban J connectivity index is 3.20. The molecular weight excluding hydrogens is 681 g/mol. The van der Waals surface area contributed by atoms with E-state index in [1.54, 1.807) is 0 Å². The highest BCUT2D eigenvalue weighted by Crippen LogP contribution is 2.25. The van der Waals surface area contributed by atoms with Crippen molar-refractivity contribution in [3.05, 3.63) is 0 Å². The Morgan fingerprint density at radius 1 is 0.460 bits per heavy atom. The van der Waals surface area contributed by atoms with Gasteiger partial charge in [-0.05, 0) is 38.5 Å². The first-order chi connectivity index (χ1) is 24.5. The van der Waals surface area contributed by atoms with Crippen molar-refractivity contribution in [1.29, 1.82) is 0 Å². The summed E-state index contributed by atoms with van der Waals surface area (Å²) in [7, 11) is 5.36. The number of methoxy groups -OCH3 is 1. The van der Waals surface area contributed by atoms with E-state index in [1.807, 2.05) is 21.6 Å². The zero-order chi connectivity index (χ0) is 36.6. The Kier molecular flexibility index (Phi) is 39.0. The molecule has 0 aliphatic rings. The number of carbonyl (C=O) groups is 4. The number of hydrogen-bond acceptors (Lipinski definition) is 10. The summed E-state index contributed by atoms with van der Waals surface area (Å²) >= 11 is 0. The summed E-state index contributed by atoms with van der Waals surface area (Å²) in [6.07, 6.45) is 21.9. The van der Waals surface area contributed by atoms with Crippen LogP contribution in [0.25, 0.3) is 0 Å². The molecule has 0 saturated heterocycles. The molecule has 0 heterocycles. The van der Waals surface area contributed by atoms with E-state index >= 15 is 0 Å². The minimum atomic E-state index is -0.675. The average molecular weight is 751 g/mol. The maximum Gasteiger partial charge on any atom is 0.306 e. The summed E-state index contributed by atoms with van der Waals surface area (Å²) in [6.45, 7) is 4.21. The lowest BCUT2D eigenvalue weighted by Crippen LogP contribution is -2.26. The van der Waals surface area contributed by atoms with Crippen molar-refractivity contribution in [2.75, 3.05) is 71.3 Å². The molecule has 2 amide bonds. The molecule has 0 fully saturated rings. The van der Waals surface area contributed by atoms with Crippen molar-refractivity contribution in [2.24, 2.45) is 0 Å². The second-order valence-electron chi connectivity index (χ2n) is 12.5. The number of carbonyl (C=O) groups excluding carboxylic acids is 3. The smallest absolute Gasteiger partial charge is 0.306 e. The molecule has 50 heavy (non-hydrogen) atoms. The highest BCUT2D eigenvalue weighted by atomic mass is 33.1. The molecule has 0 rings (SSSR count). The summed E-state index contributed by atoms with van der Waals surface area (Å²) in [6, 6.07) is 0. The minimum Gasteiger partial charge on any atom is -0.481 e. The summed E-state index contributed by atoms with van der Waals surface area (Å²) in [5.74, 6) is 1.40. The summed E-state index contributed by atoms with van der Waals surface area (Å²) in [5, 5.41) is 14.4. The fraction of sp³-hybridized carbons (Fsp3) is 0.892. The fourth-order valence-corrected chi connectivity index (χ4v) is 7.26. The highest BCUT2D eigenvalue weighted by Gasteiger charge is 2.06. The van der Waals surface area contributed by atoms with E-state index in [-0.39, 0.29) is 24.7 Å². The number of carboxylic acids is 1. The number of aliphatic carboxylic acids is 1. The molecule has 3 N–H and O–H groups in total. The lowest BCUT2D eigenvalue weighted by atomic mass is 10.1. The summed E-state index contributed by atoms with van der Waals surface area (Å²) in [5.41, 5.74) is 0. The van der Waals surface area contributed by atoms with E-state index in [0.29, 0.717) is 72.0 Å².